The molecule has 2 rings (SSSR count). The molecular weight excluding hydrogens is 310 g/mol. The third kappa shape index (κ3) is 4.48. The normalized spacial score (nSPS) is 11.7. The quantitative estimate of drug-likeness (QED) is 0.751. The monoisotopic (exact) mass is 335 g/mol. The van der Waals surface area contributed by atoms with Crippen molar-refractivity contribution < 1.29 is 9.53 Å². The van der Waals surface area contributed by atoms with Crippen LogP contribution < -0.4 is 0 Å². The van der Waals surface area contributed by atoms with Crippen LogP contribution in [0, 0.1) is 25.2 Å². The van der Waals surface area contributed by atoms with Crippen molar-refractivity contribution in [1.29, 1.82) is 5.26 Å². The summed E-state index contributed by atoms with van der Waals surface area (Å²) in [4.78, 5) is 12.6. The van der Waals surface area contributed by atoms with Gasteiger partial charge in [0.15, 0.2) is 0 Å². The molecule has 0 aliphatic heterocycles. The van der Waals surface area contributed by atoms with E-state index in [0.29, 0.717) is 0 Å². The lowest BCUT2D eigenvalue weighted by Crippen LogP contribution is -2.33. The predicted octanol–water partition coefficient (Wildman–Crippen LogP) is 4.84. The minimum atomic E-state index is -1.07. The molecule has 0 radical (unpaired) electrons. The van der Waals surface area contributed by atoms with Crippen LogP contribution >= 0.6 is 0 Å². The van der Waals surface area contributed by atoms with Crippen molar-refractivity contribution in [2.75, 3.05) is 0 Å². The van der Waals surface area contributed by atoms with Gasteiger partial charge in [0.1, 0.15) is 11.0 Å². The van der Waals surface area contributed by atoms with E-state index in [1.54, 1.807) is 0 Å². The summed E-state index contributed by atoms with van der Waals surface area (Å²) < 4.78 is 5.51. The van der Waals surface area contributed by atoms with Crippen molar-refractivity contribution in [2.24, 2.45) is 0 Å². The van der Waals surface area contributed by atoms with Crippen LogP contribution in [0.4, 0.5) is 0 Å². The number of carbonyl (C=O) groups is 1. The number of nitriles is 1. The van der Waals surface area contributed by atoms with Gasteiger partial charge >= 0.3 is 5.97 Å². The minimum Gasteiger partial charge on any atom is -0.460 e. The molecule has 25 heavy (non-hydrogen) atoms. The van der Waals surface area contributed by atoms with E-state index in [1.165, 1.54) is 0 Å². The van der Waals surface area contributed by atoms with E-state index in [0.717, 1.165) is 22.3 Å². The van der Waals surface area contributed by atoms with E-state index in [2.05, 4.69) is 6.07 Å². The van der Waals surface area contributed by atoms with Gasteiger partial charge in [-0.2, -0.15) is 5.26 Å². The van der Waals surface area contributed by atoms with Crippen LogP contribution in [0.2, 0.25) is 0 Å². The first-order valence-electron chi connectivity index (χ1n) is 8.44. The van der Waals surface area contributed by atoms with Gasteiger partial charge in [0, 0.05) is 0 Å². The summed E-state index contributed by atoms with van der Waals surface area (Å²) in [7, 11) is 0. The molecule has 0 aromatic heterocycles. The van der Waals surface area contributed by atoms with Crippen molar-refractivity contribution in [3.63, 3.8) is 0 Å². The summed E-state index contributed by atoms with van der Waals surface area (Å²) in [6.07, 6.45) is -0.0202. The van der Waals surface area contributed by atoms with E-state index in [-0.39, 0.29) is 12.4 Å². The van der Waals surface area contributed by atoms with Gasteiger partial charge in [0.2, 0.25) is 0 Å². The van der Waals surface area contributed by atoms with Crippen LogP contribution in [0.15, 0.2) is 48.5 Å². The number of carbonyl (C=O) groups excluding carboxylic acids is 1. The second-order valence-corrected chi connectivity index (χ2v) is 7.52. The fraction of sp³-hybridized carbons (Fsp3) is 0.364. The summed E-state index contributed by atoms with van der Waals surface area (Å²) in [6.45, 7) is 9.46. The molecule has 0 saturated carbocycles. The average molecular weight is 335 g/mol. The second kappa shape index (κ2) is 7.11. The molecule has 0 aliphatic rings. The average Bonchev–Trinajstić information content (AvgIpc) is 2.51. The first-order chi connectivity index (χ1) is 11.7. The van der Waals surface area contributed by atoms with Crippen LogP contribution in [0.1, 0.15) is 49.4 Å². The van der Waals surface area contributed by atoms with Crippen LogP contribution in [0.3, 0.4) is 0 Å². The smallest absolute Gasteiger partial charge is 0.308 e. The zero-order chi connectivity index (χ0) is 18.7. The molecule has 3 heteroatoms. The first kappa shape index (κ1) is 18.7. The Bertz CT molecular complexity index is 764. The Morgan fingerprint density at radius 2 is 1.48 bits per heavy atom. The Balaban J connectivity index is 2.58. The molecule has 0 saturated heterocycles. The molecule has 130 valence electrons. The maximum atomic E-state index is 12.6. The maximum Gasteiger partial charge on any atom is 0.308 e. The zero-order valence-electron chi connectivity index (χ0n) is 15.6. The molecule has 0 fully saturated rings. The molecule has 0 N–H and O–H groups in total. The first-order valence-corrected chi connectivity index (χ1v) is 8.44. The lowest BCUT2D eigenvalue weighted by Gasteiger charge is -2.29. The number of rotatable bonds is 4. The van der Waals surface area contributed by atoms with Gasteiger partial charge in [-0.05, 0) is 45.7 Å². The second-order valence-electron chi connectivity index (χ2n) is 7.52. The summed E-state index contributed by atoms with van der Waals surface area (Å²) in [5, 5.41) is 10.2. The lowest BCUT2D eigenvalue weighted by molar-refractivity contribution is -0.155. The van der Waals surface area contributed by atoms with Crippen molar-refractivity contribution in [3.8, 4) is 6.07 Å². The van der Waals surface area contributed by atoms with E-state index in [9.17, 15) is 10.1 Å². The summed E-state index contributed by atoms with van der Waals surface area (Å²) in [6, 6.07) is 18.0. The van der Waals surface area contributed by atoms with Gasteiger partial charge in [0.05, 0.1) is 12.5 Å². The van der Waals surface area contributed by atoms with Gasteiger partial charge in [-0.25, -0.2) is 0 Å². The molecular formula is C22H25NO2. The number of aryl methyl sites for hydroxylation is 2. The summed E-state index contributed by atoms with van der Waals surface area (Å²) in [5.74, 6) is -0.378. The van der Waals surface area contributed by atoms with Gasteiger partial charge in [-0.15, -0.1) is 0 Å². The SMILES string of the molecule is Cc1cccc(C(C#N)(CC(=O)OC(C)(C)C)c2cccc(C)c2)c1. The Hall–Kier alpha value is -2.60. The number of nitrogens with zero attached hydrogens (tertiary/aromatic N) is 1. The third-order valence-corrected chi connectivity index (χ3v) is 4.04. The number of ether oxygens (including phenoxy) is 1. The maximum absolute atomic E-state index is 12.6. The highest BCUT2D eigenvalue weighted by Gasteiger charge is 2.38. The molecule has 0 atom stereocenters. The van der Waals surface area contributed by atoms with Crippen LogP contribution in [0.25, 0.3) is 0 Å². The van der Waals surface area contributed by atoms with Gasteiger partial charge in [-0.1, -0.05) is 59.7 Å². The minimum absolute atomic E-state index is 0.0202. The highest BCUT2D eigenvalue weighted by Crippen LogP contribution is 2.37. The number of hydrogen-bond donors (Lipinski definition) is 0. The molecule has 0 heterocycles. The van der Waals surface area contributed by atoms with Gasteiger partial charge in [0.25, 0.3) is 0 Å². The number of esters is 1. The van der Waals surface area contributed by atoms with Gasteiger partial charge < -0.3 is 4.74 Å². The molecule has 0 unspecified atom stereocenters. The molecule has 2 aromatic carbocycles. The van der Waals surface area contributed by atoms with E-state index in [4.69, 9.17) is 4.74 Å². The molecule has 0 spiro atoms. The molecule has 3 nitrogen and oxygen atoms in total. The van der Waals surface area contributed by atoms with Crippen LogP contribution in [0.5, 0.6) is 0 Å². The zero-order valence-corrected chi connectivity index (χ0v) is 15.6. The fourth-order valence-electron chi connectivity index (χ4n) is 2.95. The summed E-state index contributed by atoms with van der Waals surface area (Å²) in [5.41, 5.74) is 2.07. The van der Waals surface area contributed by atoms with Crippen molar-refractivity contribution in [2.45, 2.75) is 52.1 Å². The van der Waals surface area contributed by atoms with Crippen LogP contribution in [-0.4, -0.2) is 11.6 Å². The largest absolute Gasteiger partial charge is 0.460 e. The number of hydrogen-bond acceptors (Lipinski definition) is 3. The molecule has 0 bridgehead atoms. The topological polar surface area (TPSA) is 50.1 Å². The van der Waals surface area contributed by atoms with E-state index in [1.807, 2.05) is 83.1 Å². The highest BCUT2D eigenvalue weighted by molar-refractivity contribution is 5.74. The Labute approximate surface area is 150 Å². The van der Waals surface area contributed by atoms with Gasteiger partial charge in [-0.3, -0.25) is 4.79 Å². The Kier molecular flexibility index (Phi) is 5.33. The van der Waals surface area contributed by atoms with Crippen molar-refractivity contribution >= 4 is 5.97 Å². The number of benzene rings is 2. The standard InChI is InChI=1S/C22H25NO2/c1-16-8-6-10-18(12-16)22(15-23,14-20(24)25-21(3,4)5)19-11-7-9-17(2)13-19/h6-13H,14H2,1-5H3. The molecule has 0 amide bonds. The predicted molar refractivity (Wildman–Crippen MR) is 99.2 cm³/mol. The van der Waals surface area contributed by atoms with E-state index >= 15 is 0 Å². The Morgan fingerprint density at radius 1 is 1.00 bits per heavy atom. The van der Waals surface area contributed by atoms with Crippen molar-refractivity contribution in [1.82, 2.24) is 0 Å². The molecule has 2 aromatic rings. The Morgan fingerprint density at radius 3 is 1.84 bits per heavy atom. The fourth-order valence-corrected chi connectivity index (χ4v) is 2.95. The highest BCUT2D eigenvalue weighted by atomic mass is 16.6. The van der Waals surface area contributed by atoms with Crippen LogP contribution in [-0.2, 0) is 14.9 Å². The molecule has 0 aliphatic carbocycles. The summed E-state index contributed by atoms with van der Waals surface area (Å²) >= 11 is 0. The third-order valence-electron chi connectivity index (χ3n) is 4.04. The van der Waals surface area contributed by atoms with Crippen molar-refractivity contribution in [3.05, 3.63) is 70.8 Å². The lowest BCUT2D eigenvalue weighted by atomic mass is 9.72. The van der Waals surface area contributed by atoms with E-state index < -0.39 is 11.0 Å².